The lowest BCUT2D eigenvalue weighted by molar-refractivity contribution is 0.0955. The Morgan fingerprint density at radius 1 is 1.32 bits per heavy atom. The number of amides is 1. The molecule has 19 heavy (non-hydrogen) atoms. The number of hydrogen-bond acceptors (Lipinski definition) is 3. The van der Waals surface area contributed by atoms with Crippen LogP contribution in [0, 0.1) is 0 Å². The highest BCUT2D eigenvalue weighted by Gasteiger charge is 2.09. The number of carbonyl (C=O) groups excluding carboxylic acids is 1. The Labute approximate surface area is 127 Å². The zero-order valence-corrected chi connectivity index (χ0v) is 12.5. The average Bonchev–Trinajstić information content (AvgIpc) is 2.75. The van der Waals surface area contributed by atoms with Crippen LogP contribution in [0.15, 0.2) is 44.5 Å². The van der Waals surface area contributed by atoms with E-state index in [0.717, 1.165) is 0 Å². The molecule has 4 nitrogen and oxygen atoms in total. The highest BCUT2D eigenvalue weighted by atomic mass is 79.9. The van der Waals surface area contributed by atoms with Crippen LogP contribution in [0.25, 0.3) is 0 Å². The summed E-state index contributed by atoms with van der Waals surface area (Å²) >= 11 is 14.8. The lowest BCUT2D eigenvalue weighted by atomic mass is 10.2. The van der Waals surface area contributed by atoms with Crippen molar-refractivity contribution in [2.75, 3.05) is 0 Å². The molecule has 0 aliphatic carbocycles. The number of benzene rings is 1. The fourth-order valence-electron chi connectivity index (χ4n) is 1.29. The summed E-state index contributed by atoms with van der Waals surface area (Å²) in [5.74, 6) is 0.0814. The summed E-state index contributed by atoms with van der Waals surface area (Å²) in [7, 11) is 0. The van der Waals surface area contributed by atoms with Crippen molar-refractivity contribution in [3.05, 3.63) is 56.4 Å². The number of furan rings is 1. The van der Waals surface area contributed by atoms with Crippen molar-refractivity contribution in [1.82, 2.24) is 5.43 Å². The SMILES string of the molecule is O=C(N/N=C\c1ccc(Br)o1)c1ccc(Cl)cc1Cl. The molecule has 1 aromatic heterocycles. The molecular weight excluding hydrogens is 355 g/mol. The van der Waals surface area contributed by atoms with Crippen molar-refractivity contribution in [2.24, 2.45) is 5.10 Å². The molecule has 0 aliphatic rings. The van der Waals surface area contributed by atoms with Gasteiger partial charge in [0.25, 0.3) is 5.91 Å². The summed E-state index contributed by atoms with van der Waals surface area (Å²) in [6.45, 7) is 0. The van der Waals surface area contributed by atoms with Crippen LogP contribution in [-0.4, -0.2) is 12.1 Å². The van der Waals surface area contributed by atoms with E-state index >= 15 is 0 Å². The monoisotopic (exact) mass is 360 g/mol. The van der Waals surface area contributed by atoms with Crippen LogP contribution in [0.4, 0.5) is 0 Å². The van der Waals surface area contributed by atoms with Gasteiger partial charge < -0.3 is 4.42 Å². The van der Waals surface area contributed by atoms with E-state index in [-0.39, 0.29) is 5.02 Å². The number of nitrogens with one attached hydrogen (secondary N) is 1. The molecule has 0 fully saturated rings. The zero-order valence-electron chi connectivity index (χ0n) is 9.36. The van der Waals surface area contributed by atoms with Crippen LogP contribution in [0.3, 0.4) is 0 Å². The minimum Gasteiger partial charge on any atom is -0.448 e. The summed E-state index contributed by atoms with van der Waals surface area (Å²) in [4.78, 5) is 11.8. The maximum absolute atomic E-state index is 11.8. The van der Waals surface area contributed by atoms with Gasteiger partial charge in [-0.2, -0.15) is 5.10 Å². The highest BCUT2D eigenvalue weighted by molar-refractivity contribution is 9.10. The largest absolute Gasteiger partial charge is 0.448 e. The van der Waals surface area contributed by atoms with E-state index in [0.29, 0.717) is 21.0 Å². The molecule has 98 valence electrons. The van der Waals surface area contributed by atoms with Crippen molar-refractivity contribution in [1.29, 1.82) is 0 Å². The Balaban J connectivity index is 2.03. The molecule has 1 amide bonds. The van der Waals surface area contributed by atoms with Crippen molar-refractivity contribution in [3.63, 3.8) is 0 Å². The van der Waals surface area contributed by atoms with E-state index in [9.17, 15) is 4.79 Å². The van der Waals surface area contributed by atoms with Gasteiger partial charge in [0.15, 0.2) is 4.67 Å². The quantitative estimate of drug-likeness (QED) is 0.660. The first-order valence-electron chi connectivity index (χ1n) is 5.10. The van der Waals surface area contributed by atoms with Gasteiger partial charge >= 0.3 is 0 Å². The van der Waals surface area contributed by atoms with E-state index in [1.807, 2.05) is 0 Å². The Bertz CT molecular complexity index is 640. The van der Waals surface area contributed by atoms with E-state index < -0.39 is 5.91 Å². The molecule has 2 rings (SSSR count). The van der Waals surface area contributed by atoms with Gasteiger partial charge in [-0.05, 0) is 46.3 Å². The predicted octanol–water partition coefficient (Wildman–Crippen LogP) is 4.11. The van der Waals surface area contributed by atoms with Crippen molar-refractivity contribution in [3.8, 4) is 0 Å². The van der Waals surface area contributed by atoms with Gasteiger partial charge in [-0.25, -0.2) is 5.43 Å². The first-order chi connectivity index (χ1) is 9.06. The number of hydrogen-bond donors (Lipinski definition) is 1. The van der Waals surface area contributed by atoms with Crippen LogP contribution >= 0.6 is 39.1 Å². The van der Waals surface area contributed by atoms with E-state index in [1.165, 1.54) is 18.3 Å². The van der Waals surface area contributed by atoms with Crippen molar-refractivity contribution in [2.45, 2.75) is 0 Å². The fraction of sp³-hybridized carbons (Fsp3) is 0. The minimum atomic E-state index is -0.427. The molecule has 0 radical (unpaired) electrons. The summed E-state index contributed by atoms with van der Waals surface area (Å²) < 4.78 is 5.77. The van der Waals surface area contributed by atoms with Crippen LogP contribution in [0.5, 0.6) is 0 Å². The Kier molecular flexibility index (Phi) is 4.63. The third kappa shape index (κ3) is 3.83. The van der Waals surface area contributed by atoms with Gasteiger partial charge in [-0.3, -0.25) is 4.79 Å². The molecule has 0 saturated heterocycles. The Morgan fingerprint density at radius 2 is 2.11 bits per heavy atom. The highest BCUT2D eigenvalue weighted by Crippen LogP contribution is 2.20. The summed E-state index contributed by atoms with van der Waals surface area (Å²) in [5.41, 5.74) is 2.64. The van der Waals surface area contributed by atoms with Crippen LogP contribution in [-0.2, 0) is 0 Å². The van der Waals surface area contributed by atoms with Gasteiger partial charge in [0.2, 0.25) is 0 Å². The fourth-order valence-corrected chi connectivity index (χ4v) is 2.10. The number of hydrazone groups is 1. The normalized spacial score (nSPS) is 10.9. The van der Waals surface area contributed by atoms with Gasteiger partial charge in [0.05, 0.1) is 16.8 Å². The topological polar surface area (TPSA) is 54.6 Å². The van der Waals surface area contributed by atoms with Gasteiger partial charge in [-0.1, -0.05) is 23.2 Å². The number of nitrogens with zero attached hydrogens (tertiary/aromatic N) is 1. The maximum atomic E-state index is 11.8. The molecular formula is C12H7BrCl2N2O2. The molecule has 1 aromatic carbocycles. The molecule has 2 aromatic rings. The van der Waals surface area contributed by atoms with E-state index in [2.05, 4.69) is 26.5 Å². The lowest BCUT2D eigenvalue weighted by Gasteiger charge is -2.02. The second-order valence-electron chi connectivity index (χ2n) is 3.47. The average molecular weight is 362 g/mol. The van der Waals surface area contributed by atoms with Crippen LogP contribution < -0.4 is 5.43 Å². The first kappa shape index (κ1) is 14.1. The molecule has 0 atom stereocenters. The van der Waals surface area contributed by atoms with Crippen molar-refractivity contribution >= 4 is 51.3 Å². The second-order valence-corrected chi connectivity index (χ2v) is 5.09. The third-order valence-corrected chi connectivity index (χ3v) is 3.10. The smallest absolute Gasteiger partial charge is 0.272 e. The Hall–Kier alpha value is -1.30. The molecule has 1 heterocycles. The number of carbonyl (C=O) groups is 1. The zero-order chi connectivity index (χ0) is 13.8. The molecule has 0 saturated carbocycles. The minimum absolute atomic E-state index is 0.265. The Morgan fingerprint density at radius 3 is 2.74 bits per heavy atom. The van der Waals surface area contributed by atoms with Crippen LogP contribution in [0.2, 0.25) is 10.0 Å². The predicted molar refractivity (Wildman–Crippen MR) is 77.9 cm³/mol. The molecule has 7 heteroatoms. The molecule has 0 bridgehead atoms. The van der Waals surface area contributed by atoms with Gasteiger partial charge in [-0.15, -0.1) is 0 Å². The molecule has 0 aliphatic heterocycles. The summed E-state index contributed by atoms with van der Waals surface area (Å²) in [6, 6.07) is 8.02. The summed E-state index contributed by atoms with van der Waals surface area (Å²) in [5, 5.41) is 4.49. The summed E-state index contributed by atoms with van der Waals surface area (Å²) in [6.07, 6.45) is 1.38. The first-order valence-corrected chi connectivity index (χ1v) is 6.65. The maximum Gasteiger partial charge on any atom is 0.272 e. The lowest BCUT2D eigenvalue weighted by Crippen LogP contribution is -2.17. The van der Waals surface area contributed by atoms with E-state index in [4.69, 9.17) is 27.6 Å². The third-order valence-electron chi connectivity index (χ3n) is 2.13. The molecule has 0 unspecified atom stereocenters. The van der Waals surface area contributed by atoms with Crippen LogP contribution in [0.1, 0.15) is 16.1 Å². The standard InChI is InChI=1S/C12H7BrCl2N2O2/c13-11-4-2-8(19-11)6-16-17-12(18)9-3-1-7(14)5-10(9)15/h1-6H,(H,17,18)/b16-6-. The second kappa shape index (κ2) is 6.23. The van der Waals surface area contributed by atoms with Crippen molar-refractivity contribution < 1.29 is 9.21 Å². The van der Waals surface area contributed by atoms with Gasteiger partial charge in [0.1, 0.15) is 5.76 Å². The number of rotatable bonds is 3. The molecule has 1 N–H and O–H groups in total. The molecule has 0 spiro atoms. The van der Waals surface area contributed by atoms with Gasteiger partial charge in [0, 0.05) is 5.02 Å². The number of halogens is 3. The van der Waals surface area contributed by atoms with E-state index in [1.54, 1.807) is 18.2 Å².